The summed E-state index contributed by atoms with van der Waals surface area (Å²) in [6.07, 6.45) is 11.4. The van der Waals surface area contributed by atoms with Crippen molar-refractivity contribution in [3.63, 3.8) is 0 Å². The zero-order valence-corrected chi connectivity index (χ0v) is 38.0. The predicted octanol–water partition coefficient (Wildman–Crippen LogP) is 4.62. The minimum absolute atomic E-state index is 0.0626. The number of nitrogens with one attached hydrogen (secondary N) is 1. The van der Waals surface area contributed by atoms with Crippen LogP contribution in [0.2, 0.25) is 0 Å². The standard InChI is InChI=1S/C9H19NO.4C7H15NO.C7H15N/c1-7(2)10-8-5-3-4-6-9(8)11;2*1-6(2)8-4-3-7(8)5-9;2*1-6(2)8-4-3-7(9)5-8;1-7(2)8-5-3-4-6-8/h7-11H,3-6H2,1-2H3;4*6-7,9H,3-5H2,1-2H3;7H,3-6H2,1-2H3/t8-,9+;4*7-;/m01010./s1. The highest BCUT2D eigenvalue weighted by atomic mass is 16.3. The van der Waals surface area contributed by atoms with Crippen molar-refractivity contribution in [3.05, 3.63) is 0 Å². The maximum absolute atomic E-state index is 9.56. The second kappa shape index (κ2) is 28.9. The molecule has 330 valence electrons. The van der Waals surface area contributed by atoms with Gasteiger partial charge in [-0.05, 0) is 134 Å². The molecule has 0 amide bonds. The molecular weight excluding hydrogens is 693 g/mol. The first-order valence-electron chi connectivity index (χ1n) is 22.7. The summed E-state index contributed by atoms with van der Waals surface area (Å²) >= 11 is 0. The van der Waals surface area contributed by atoms with Crippen LogP contribution in [0.25, 0.3) is 0 Å². The smallest absolute Gasteiger partial charge is 0.0693 e. The van der Waals surface area contributed by atoms with Gasteiger partial charge in [-0.2, -0.15) is 0 Å². The van der Waals surface area contributed by atoms with E-state index in [1.54, 1.807) is 0 Å². The van der Waals surface area contributed by atoms with Gasteiger partial charge in [0.05, 0.1) is 31.5 Å². The van der Waals surface area contributed by atoms with E-state index < -0.39 is 0 Å². The molecule has 0 aromatic rings. The summed E-state index contributed by atoms with van der Waals surface area (Å²) in [5.74, 6) is 0. The maximum Gasteiger partial charge on any atom is 0.0693 e. The second-order valence-corrected chi connectivity index (χ2v) is 18.6. The van der Waals surface area contributed by atoms with Crippen molar-refractivity contribution in [2.45, 2.75) is 220 Å². The number of likely N-dealkylation sites (tertiary alicyclic amines) is 5. The number of β-amino-alcohol motifs (C(OH)–C–C–N with tert-alkyl or cyclic N) is 2. The Hall–Kier alpha value is -0.440. The summed E-state index contributed by atoms with van der Waals surface area (Å²) in [4.78, 5) is 11.8. The van der Waals surface area contributed by atoms with Gasteiger partial charge in [-0.25, -0.2) is 0 Å². The zero-order valence-electron chi connectivity index (χ0n) is 38.0. The monoisotopic (exact) mass is 787 g/mol. The summed E-state index contributed by atoms with van der Waals surface area (Å²) in [5, 5.41) is 48.7. The zero-order chi connectivity index (χ0) is 41.7. The van der Waals surface area contributed by atoms with Crippen LogP contribution < -0.4 is 5.32 Å². The Morgan fingerprint density at radius 1 is 0.455 bits per heavy atom. The van der Waals surface area contributed by atoms with Crippen LogP contribution in [0.1, 0.15) is 147 Å². The van der Waals surface area contributed by atoms with Gasteiger partial charge in [0, 0.05) is 93.6 Å². The third-order valence-electron chi connectivity index (χ3n) is 12.1. The molecular formula is C44H94N6O5. The molecule has 11 heteroatoms. The topological polar surface area (TPSA) is 129 Å². The maximum atomic E-state index is 9.56. The van der Waals surface area contributed by atoms with E-state index in [9.17, 15) is 5.11 Å². The normalized spacial score (nSPS) is 29.1. The fourth-order valence-corrected chi connectivity index (χ4v) is 8.14. The van der Waals surface area contributed by atoms with E-state index in [4.69, 9.17) is 20.4 Å². The first-order chi connectivity index (χ1) is 25.9. The lowest BCUT2D eigenvalue weighted by atomic mass is 9.92. The number of rotatable bonds is 9. The van der Waals surface area contributed by atoms with E-state index in [1.165, 1.54) is 64.7 Å². The lowest BCUT2D eigenvalue weighted by Crippen LogP contribution is -2.53. The Morgan fingerprint density at radius 3 is 1.05 bits per heavy atom. The predicted molar refractivity (Wildman–Crippen MR) is 232 cm³/mol. The summed E-state index contributed by atoms with van der Waals surface area (Å²) < 4.78 is 0. The largest absolute Gasteiger partial charge is 0.395 e. The number of aliphatic hydroxyl groups is 5. The van der Waals surface area contributed by atoms with Crippen LogP contribution in [0.5, 0.6) is 0 Å². The van der Waals surface area contributed by atoms with Crippen LogP contribution in [0.4, 0.5) is 0 Å². The molecule has 6 aliphatic rings. The van der Waals surface area contributed by atoms with Crippen molar-refractivity contribution in [1.29, 1.82) is 0 Å². The molecule has 1 saturated carbocycles. The average Bonchev–Trinajstić information content (AvgIpc) is 3.86. The van der Waals surface area contributed by atoms with Gasteiger partial charge in [-0.15, -0.1) is 0 Å². The van der Waals surface area contributed by atoms with E-state index in [2.05, 4.69) is 113 Å². The molecule has 5 aliphatic heterocycles. The Balaban J connectivity index is 0.000000331. The number of hydrogen-bond donors (Lipinski definition) is 6. The first-order valence-corrected chi connectivity index (χ1v) is 22.7. The SMILES string of the molecule is CC(C)N1CCCC1.CC(C)N1CC[C@@H](O)C1.CC(C)N1CC[C@@H]1CO.CC(C)N1CC[C@H](O)C1.CC(C)N1CC[C@H]1CO.CC(C)N[C@H]1CCCC[C@H]1O. The first kappa shape index (κ1) is 52.6. The van der Waals surface area contributed by atoms with Crippen molar-refractivity contribution in [2.75, 3.05) is 65.6 Å². The van der Waals surface area contributed by atoms with Crippen molar-refractivity contribution in [1.82, 2.24) is 29.8 Å². The Morgan fingerprint density at radius 2 is 0.855 bits per heavy atom. The van der Waals surface area contributed by atoms with Crippen LogP contribution in [0.3, 0.4) is 0 Å². The van der Waals surface area contributed by atoms with Crippen LogP contribution in [-0.2, 0) is 0 Å². The third-order valence-corrected chi connectivity index (χ3v) is 12.1. The quantitative estimate of drug-likeness (QED) is 0.196. The summed E-state index contributed by atoms with van der Waals surface area (Å²) in [5.41, 5.74) is 0. The Bertz CT molecular complexity index is 857. The molecule has 6 atom stereocenters. The lowest BCUT2D eigenvalue weighted by Gasteiger charge is -2.42. The molecule has 6 fully saturated rings. The fraction of sp³-hybridized carbons (Fsp3) is 1.00. The van der Waals surface area contributed by atoms with Crippen molar-refractivity contribution >= 4 is 0 Å². The molecule has 0 radical (unpaired) electrons. The molecule has 11 nitrogen and oxygen atoms in total. The molecule has 6 rings (SSSR count). The number of hydrogen-bond acceptors (Lipinski definition) is 11. The van der Waals surface area contributed by atoms with Crippen LogP contribution in [-0.4, -0.2) is 188 Å². The molecule has 0 spiro atoms. The van der Waals surface area contributed by atoms with Gasteiger partial charge in [0.1, 0.15) is 0 Å². The van der Waals surface area contributed by atoms with Gasteiger partial charge in [0.15, 0.2) is 0 Å². The molecule has 5 saturated heterocycles. The molecule has 55 heavy (non-hydrogen) atoms. The summed E-state index contributed by atoms with van der Waals surface area (Å²) in [6, 6.07) is 4.96. The van der Waals surface area contributed by atoms with Crippen molar-refractivity contribution in [2.24, 2.45) is 0 Å². The average molecular weight is 787 g/mol. The summed E-state index contributed by atoms with van der Waals surface area (Å²) in [7, 11) is 0. The third kappa shape index (κ3) is 21.4. The van der Waals surface area contributed by atoms with E-state index in [-0.39, 0.29) is 18.3 Å². The van der Waals surface area contributed by atoms with Gasteiger partial charge < -0.3 is 35.7 Å². The van der Waals surface area contributed by atoms with Gasteiger partial charge >= 0.3 is 0 Å². The van der Waals surface area contributed by atoms with Crippen molar-refractivity contribution < 1.29 is 25.5 Å². The van der Waals surface area contributed by atoms with E-state index in [0.29, 0.717) is 61.5 Å². The molecule has 6 N–H and O–H groups in total. The van der Waals surface area contributed by atoms with Crippen molar-refractivity contribution in [3.8, 4) is 0 Å². The molecule has 1 aliphatic carbocycles. The molecule has 5 heterocycles. The lowest BCUT2D eigenvalue weighted by molar-refractivity contribution is 0.0171. The highest BCUT2D eigenvalue weighted by Crippen LogP contribution is 2.21. The highest BCUT2D eigenvalue weighted by molar-refractivity contribution is 4.85. The van der Waals surface area contributed by atoms with Gasteiger partial charge in [-0.1, -0.05) is 26.7 Å². The molecule has 0 bridgehead atoms. The van der Waals surface area contributed by atoms with E-state index >= 15 is 0 Å². The Labute approximate surface area is 340 Å². The molecule has 0 unspecified atom stereocenters. The van der Waals surface area contributed by atoms with Gasteiger partial charge in [0.25, 0.3) is 0 Å². The fourth-order valence-electron chi connectivity index (χ4n) is 8.14. The molecule has 0 aromatic heterocycles. The van der Waals surface area contributed by atoms with Gasteiger partial charge in [0.2, 0.25) is 0 Å². The number of nitrogens with zero attached hydrogens (tertiary/aromatic N) is 5. The van der Waals surface area contributed by atoms with Crippen LogP contribution in [0.15, 0.2) is 0 Å². The van der Waals surface area contributed by atoms with E-state index in [1.807, 2.05) is 0 Å². The van der Waals surface area contributed by atoms with Crippen LogP contribution in [0, 0.1) is 0 Å². The van der Waals surface area contributed by atoms with Crippen LogP contribution >= 0.6 is 0 Å². The Kier molecular flexibility index (Phi) is 27.6. The van der Waals surface area contributed by atoms with E-state index in [0.717, 1.165) is 57.9 Å². The summed E-state index contributed by atoms with van der Waals surface area (Å²) in [6.45, 7) is 35.7. The molecule has 0 aromatic carbocycles. The van der Waals surface area contributed by atoms with Gasteiger partial charge in [-0.3, -0.25) is 19.6 Å². The highest BCUT2D eigenvalue weighted by Gasteiger charge is 2.29. The minimum Gasteiger partial charge on any atom is -0.395 e. The minimum atomic E-state index is -0.105. The second-order valence-electron chi connectivity index (χ2n) is 18.6. The number of aliphatic hydroxyl groups excluding tert-OH is 5.